The molecule has 0 aliphatic carbocycles. The van der Waals surface area contributed by atoms with Crippen molar-refractivity contribution in [3.8, 4) is 0 Å². The van der Waals surface area contributed by atoms with Crippen molar-refractivity contribution in [3.63, 3.8) is 0 Å². The van der Waals surface area contributed by atoms with Crippen molar-refractivity contribution in [3.05, 3.63) is 29.3 Å². The van der Waals surface area contributed by atoms with Gasteiger partial charge in [-0.3, -0.25) is 4.79 Å². The van der Waals surface area contributed by atoms with E-state index in [9.17, 15) is 9.59 Å². The van der Waals surface area contributed by atoms with Crippen molar-refractivity contribution in [1.29, 1.82) is 0 Å². The molecule has 1 heterocycles. The highest BCUT2D eigenvalue weighted by molar-refractivity contribution is 6.52. The Morgan fingerprint density at radius 2 is 1.78 bits per heavy atom. The van der Waals surface area contributed by atoms with Crippen molar-refractivity contribution in [1.82, 2.24) is 4.90 Å². The summed E-state index contributed by atoms with van der Waals surface area (Å²) in [5, 5.41) is 9.05. The summed E-state index contributed by atoms with van der Waals surface area (Å²) in [7, 11) is 0.724. The highest BCUT2D eigenvalue weighted by Gasteiger charge is 2.20. The first kappa shape index (κ1) is 12.7. The van der Waals surface area contributed by atoms with Gasteiger partial charge in [0, 0.05) is 18.7 Å². The highest BCUT2D eigenvalue weighted by Crippen LogP contribution is 2.13. The lowest BCUT2D eigenvalue weighted by atomic mass is 9.72. The lowest BCUT2D eigenvalue weighted by Gasteiger charge is -2.16. The van der Waals surface area contributed by atoms with E-state index in [0.29, 0.717) is 5.56 Å². The first-order valence-electron chi connectivity index (χ1n) is 6.28. The molecule has 5 heteroatoms. The molecule has 94 valence electrons. The predicted octanol–water partition coefficient (Wildman–Crippen LogP) is 0.731. The SMILES string of the molecule is CBc1cc(C(=O)O)cc(C(=O)N2CCCC2)c1. The summed E-state index contributed by atoms with van der Waals surface area (Å²) >= 11 is 0. The van der Waals surface area contributed by atoms with E-state index in [0.717, 1.165) is 38.7 Å². The van der Waals surface area contributed by atoms with E-state index in [2.05, 4.69) is 0 Å². The van der Waals surface area contributed by atoms with E-state index in [4.69, 9.17) is 5.11 Å². The highest BCUT2D eigenvalue weighted by atomic mass is 16.4. The molecular weight excluding hydrogens is 229 g/mol. The maximum atomic E-state index is 12.2. The predicted molar refractivity (Wildman–Crippen MR) is 71.2 cm³/mol. The largest absolute Gasteiger partial charge is 0.478 e. The van der Waals surface area contributed by atoms with E-state index in [1.807, 2.05) is 6.82 Å². The van der Waals surface area contributed by atoms with Crippen molar-refractivity contribution in [2.24, 2.45) is 0 Å². The third-order valence-electron chi connectivity index (χ3n) is 3.29. The Morgan fingerprint density at radius 1 is 1.17 bits per heavy atom. The zero-order valence-electron chi connectivity index (χ0n) is 10.5. The number of carbonyl (C=O) groups is 2. The van der Waals surface area contributed by atoms with Crippen LogP contribution in [-0.4, -0.2) is 42.3 Å². The Kier molecular flexibility index (Phi) is 3.70. The molecule has 1 aromatic rings. The van der Waals surface area contributed by atoms with Gasteiger partial charge >= 0.3 is 5.97 Å². The van der Waals surface area contributed by atoms with Crippen LogP contribution in [0.1, 0.15) is 33.6 Å². The molecular formula is C13H16BNO3. The van der Waals surface area contributed by atoms with Crippen LogP contribution in [0.15, 0.2) is 18.2 Å². The Bertz CT molecular complexity index is 481. The van der Waals surface area contributed by atoms with Crippen LogP contribution in [0.4, 0.5) is 0 Å². The fourth-order valence-electron chi connectivity index (χ4n) is 2.25. The molecule has 1 aliphatic rings. The van der Waals surface area contributed by atoms with Crippen molar-refractivity contribution < 1.29 is 14.7 Å². The Hall–Kier alpha value is -1.78. The minimum absolute atomic E-state index is 0.0506. The molecule has 1 fully saturated rings. The minimum Gasteiger partial charge on any atom is -0.478 e. The van der Waals surface area contributed by atoms with Gasteiger partial charge in [-0.2, -0.15) is 0 Å². The molecule has 0 spiro atoms. The second-order valence-electron chi connectivity index (χ2n) is 4.58. The maximum absolute atomic E-state index is 12.2. The third-order valence-corrected chi connectivity index (χ3v) is 3.29. The van der Waals surface area contributed by atoms with Crippen molar-refractivity contribution in [2.75, 3.05) is 13.1 Å². The summed E-state index contributed by atoms with van der Waals surface area (Å²) in [6.45, 7) is 3.50. The molecule has 0 unspecified atom stereocenters. The molecule has 0 aromatic heterocycles. The molecule has 2 rings (SSSR count). The molecule has 0 atom stereocenters. The maximum Gasteiger partial charge on any atom is 0.335 e. The number of rotatable bonds is 3. The number of nitrogens with zero attached hydrogens (tertiary/aromatic N) is 1. The molecule has 0 saturated carbocycles. The lowest BCUT2D eigenvalue weighted by molar-refractivity contribution is 0.0697. The zero-order chi connectivity index (χ0) is 13.1. The van der Waals surface area contributed by atoms with Gasteiger partial charge in [0.2, 0.25) is 0 Å². The van der Waals surface area contributed by atoms with Gasteiger partial charge in [0.1, 0.15) is 0 Å². The zero-order valence-corrected chi connectivity index (χ0v) is 10.5. The number of carboxylic acids is 1. The standard InChI is InChI=1S/C13H16BNO3/c1-14-11-7-9(6-10(8-11)13(17)18)12(16)15-4-2-3-5-15/h6-8,14H,2-5H2,1H3,(H,17,18). The van der Waals surface area contributed by atoms with Crippen LogP contribution < -0.4 is 5.46 Å². The fourth-order valence-corrected chi connectivity index (χ4v) is 2.25. The molecule has 1 saturated heterocycles. The van der Waals surface area contributed by atoms with Gasteiger partial charge in [-0.05, 0) is 18.9 Å². The molecule has 4 nitrogen and oxygen atoms in total. The second kappa shape index (κ2) is 5.25. The average Bonchev–Trinajstić information content (AvgIpc) is 2.91. The quantitative estimate of drug-likeness (QED) is 0.798. The fraction of sp³-hybridized carbons (Fsp3) is 0.385. The van der Waals surface area contributed by atoms with Crippen LogP contribution >= 0.6 is 0 Å². The van der Waals surface area contributed by atoms with Gasteiger partial charge < -0.3 is 10.0 Å². The van der Waals surface area contributed by atoms with Crippen LogP contribution in [0, 0.1) is 0 Å². The average molecular weight is 245 g/mol. The molecule has 0 bridgehead atoms. The Balaban J connectivity index is 2.33. The van der Waals surface area contributed by atoms with Crippen LogP contribution in [-0.2, 0) is 0 Å². The number of benzene rings is 1. The van der Waals surface area contributed by atoms with E-state index in [1.54, 1.807) is 17.0 Å². The van der Waals surface area contributed by atoms with Crippen LogP contribution in [0.25, 0.3) is 0 Å². The van der Waals surface area contributed by atoms with Gasteiger partial charge in [0.25, 0.3) is 5.91 Å². The van der Waals surface area contributed by atoms with E-state index < -0.39 is 5.97 Å². The molecule has 18 heavy (non-hydrogen) atoms. The topological polar surface area (TPSA) is 57.6 Å². The van der Waals surface area contributed by atoms with E-state index >= 15 is 0 Å². The Labute approximate surface area is 107 Å². The van der Waals surface area contributed by atoms with Gasteiger partial charge in [-0.25, -0.2) is 4.79 Å². The first-order valence-corrected chi connectivity index (χ1v) is 6.28. The van der Waals surface area contributed by atoms with Crippen molar-refractivity contribution >= 4 is 24.6 Å². The summed E-state index contributed by atoms with van der Waals surface area (Å²) in [5.74, 6) is -1.04. The second-order valence-corrected chi connectivity index (χ2v) is 4.58. The summed E-state index contributed by atoms with van der Waals surface area (Å²) in [5.41, 5.74) is 1.57. The smallest absolute Gasteiger partial charge is 0.335 e. The minimum atomic E-state index is -0.985. The van der Waals surface area contributed by atoms with E-state index in [1.165, 1.54) is 6.07 Å². The van der Waals surface area contributed by atoms with E-state index in [-0.39, 0.29) is 11.5 Å². The normalized spacial score (nSPS) is 14.6. The van der Waals surface area contributed by atoms with Crippen molar-refractivity contribution in [2.45, 2.75) is 19.7 Å². The van der Waals surface area contributed by atoms with Crippen LogP contribution in [0.2, 0.25) is 6.82 Å². The number of amides is 1. The number of hydrogen-bond acceptors (Lipinski definition) is 2. The third kappa shape index (κ3) is 2.55. The lowest BCUT2D eigenvalue weighted by Crippen LogP contribution is -2.29. The van der Waals surface area contributed by atoms with Gasteiger partial charge in [-0.15, -0.1) is 0 Å². The van der Waals surface area contributed by atoms with Gasteiger partial charge in [-0.1, -0.05) is 24.4 Å². The molecule has 1 aromatic carbocycles. The Morgan fingerprint density at radius 3 is 2.33 bits per heavy atom. The molecule has 1 N–H and O–H groups in total. The summed E-state index contributed by atoms with van der Waals surface area (Å²) in [4.78, 5) is 25.1. The van der Waals surface area contributed by atoms with Crippen LogP contribution in [0.5, 0.6) is 0 Å². The monoisotopic (exact) mass is 245 g/mol. The number of carboxylic acid groups (broad SMARTS) is 1. The molecule has 0 radical (unpaired) electrons. The number of likely N-dealkylation sites (tertiary alicyclic amines) is 1. The summed E-state index contributed by atoms with van der Waals surface area (Å²) in [6.07, 6.45) is 2.07. The number of hydrogen-bond donors (Lipinski definition) is 1. The van der Waals surface area contributed by atoms with Gasteiger partial charge in [0.05, 0.1) is 5.56 Å². The molecule has 1 amide bonds. The number of carbonyl (C=O) groups excluding carboxylic acids is 1. The van der Waals surface area contributed by atoms with Gasteiger partial charge in [0.15, 0.2) is 7.28 Å². The number of aromatic carboxylic acids is 1. The first-order chi connectivity index (χ1) is 8.61. The summed E-state index contributed by atoms with van der Waals surface area (Å²) in [6, 6.07) is 4.90. The van der Waals surface area contributed by atoms with Crippen LogP contribution in [0.3, 0.4) is 0 Å². The molecule has 1 aliphatic heterocycles. The summed E-state index contributed by atoms with van der Waals surface area (Å²) < 4.78 is 0.